The van der Waals surface area contributed by atoms with Crippen molar-refractivity contribution in [1.29, 1.82) is 0 Å². The van der Waals surface area contributed by atoms with Crippen LogP contribution in [0.4, 0.5) is 0 Å². The van der Waals surface area contributed by atoms with Gasteiger partial charge in [0, 0.05) is 12.6 Å². The molecule has 16 heavy (non-hydrogen) atoms. The first-order chi connectivity index (χ1) is 7.78. The van der Waals surface area contributed by atoms with E-state index in [1.165, 1.54) is 0 Å². The minimum atomic E-state index is 0.495. The van der Waals surface area contributed by atoms with Gasteiger partial charge in [0.1, 0.15) is 5.75 Å². The Balaban J connectivity index is 2.20. The van der Waals surface area contributed by atoms with Crippen molar-refractivity contribution >= 4 is 0 Å². The molecule has 0 aliphatic rings. The summed E-state index contributed by atoms with van der Waals surface area (Å²) < 4.78 is 5.57. The molecule has 0 spiro atoms. The summed E-state index contributed by atoms with van der Waals surface area (Å²) in [5.41, 5.74) is 7.59. The predicted molar refractivity (Wildman–Crippen MR) is 61.2 cm³/mol. The maximum absolute atomic E-state index is 5.57. The molecule has 1 aromatic carbocycles. The van der Waals surface area contributed by atoms with Gasteiger partial charge in [0.15, 0.2) is 0 Å². The van der Waals surface area contributed by atoms with Crippen LogP contribution in [0.5, 0.6) is 11.6 Å². The van der Waals surface area contributed by atoms with Crippen LogP contribution in [-0.2, 0) is 6.54 Å². The van der Waals surface area contributed by atoms with Crippen molar-refractivity contribution in [2.45, 2.75) is 13.5 Å². The third-order valence-electron chi connectivity index (χ3n) is 2.13. The van der Waals surface area contributed by atoms with Gasteiger partial charge in [-0.1, -0.05) is 12.1 Å². The summed E-state index contributed by atoms with van der Waals surface area (Å²) in [4.78, 5) is 0. The lowest BCUT2D eigenvalue weighted by atomic mass is 10.2. The number of aryl methyl sites for hydroxylation is 1. The third kappa shape index (κ3) is 2.55. The molecule has 0 bridgehead atoms. The van der Waals surface area contributed by atoms with Crippen molar-refractivity contribution in [3.63, 3.8) is 0 Å². The lowest BCUT2D eigenvalue weighted by molar-refractivity contribution is 0.454. The van der Waals surface area contributed by atoms with Crippen LogP contribution in [0.3, 0.4) is 0 Å². The summed E-state index contributed by atoms with van der Waals surface area (Å²) in [5.74, 6) is 1.22. The van der Waals surface area contributed by atoms with E-state index < -0.39 is 0 Å². The third-order valence-corrected chi connectivity index (χ3v) is 2.13. The zero-order valence-corrected chi connectivity index (χ0v) is 9.05. The number of hydrogen-bond donors (Lipinski definition) is 1. The lowest BCUT2D eigenvalue weighted by Gasteiger charge is -2.05. The van der Waals surface area contributed by atoms with Crippen LogP contribution < -0.4 is 10.5 Å². The van der Waals surface area contributed by atoms with Gasteiger partial charge in [0.25, 0.3) is 0 Å². The Morgan fingerprint density at radius 3 is 2.94 bits per heavy atom. The van der Waals surface area contributed by atoms with E-state index in [4.69, 9.17) is 10.5 Å². The Morgan fingerprint density at radius 2 is 2.19 bits per heavy atom. The van der Waals surface area contributed by atoms with Gasteiger partial charge in [-0.15, -0.1) is 5.10 Å². The molecule has 2 rings (SSSR count). The molecule has 0 atom stereocenters. The highest BCUT2D eigenvalue weighted by atomic mass is 16.5. The normalized spacial score (nSPS) is 10.1. The van der Waals surface area contributed by atoms with Crippen LogP contribution in [0, 0.1) is 6.92 Å². The summed E-state index contributed by atoms with van der Waals surface area (Å²) >= 11 is 0. The van der Waals surface area contributed by atoms with E-state index in [1.54, 1.807) is 6.20 Å². The fraction of sp³-hybridized carbons (Fsp3) is 0.167. The Kier molecular flexibility index (Phi) is 3.12. The number of aromatic nitrogens is 2. The van der Waals surface area contributed by atoms with Gasteiger partial charge in [0.2, 0.25) is 5.88 Å². The maximum Gasteiger partial charge on any atom is 0.239 e. The Bertz CT molecular complexity index is 485. The van der Waals surface area contributed by atoms with Crippen molar-refractivity contribution in [3.05, 3.63) is 47.7 Å². The molecule has 0 unspecified atom stereocenters. The minimum Gasteiger partial charge on any atom is -0.438 e. The largest absolute Gasteiger partial charge is 0.438 e. The fourth-order valence-electron chi connectivity index (χ4n) is 1.34. The monoisotopic (exact) mass is 215 g/mol. The molecule has 4 nitrogen and oxygen atoms in total. The Hall–Kier alpha value is -1.94. The molecule has 0 aliphatic heterocycles. The second kappa shape index (κ2) is 4.72. The number of nitrogens with zero attached hydrogens (tertiary/aromatic N) is 2. The molecule has 0 saturated heterocycles. The van der Waals surface area contributed by atoms with E-state index in [0.717, 1.165) is 16.9 Å². The summed E-state index contributed by atoms with van der Waals surface area (Å²) in [5, 5.41) is 7.71. The van der Waals surface area contributed by atoms with Crippen molar-refractivity contribution in [1.82, 2.24) is 10.2 Å². The molecule has 2 N–H and O–H groups in total. The van der Waals surface area contributed by atoms with E-state index in [2.05, 4.69) is 10.2 Å². The van der Waals surface area contributed by atoms with Crippen molar-refractivity contribution in [3.8, 4) is 11.6 Å². The SMILES string of the molecule is Cc1cnnc(Oc2cccc(CN)c2)c1. The van der Waals surface area contributed by atoms with Crippen molar-refractivity contribution in [2.24, 2.45) is 5.73 Å². The molecule has 1 aromatic heterocycles. The topological polar surface area (TPSA) is 61.0 Å². The van der Waals surface area contributed by atoms with E-state index in [0.29, 0.717) is 12.4 Å². The van der Waals surface area contributed by atoms with E-state index in [1.807, 2.05) is 37.3 Å². The molecule has 2 aromatic rings. The van der Waals surface area contributed by atoms with Gasteiger partial charge in [-0.25, -0.2) is 0 Å². The first-order valence-corrected chi connectivity index (χ1v) is 5.04. The molecule has 1 heterocycles. The molecule has 0 saturated carbocycles. The molecule has 0 radical (unpaired) electrons. The fourth-order valence-corrected chi connectivity index (χ4v) is 1.34. The Labute approximate surface area is 94.1 Å². The molecule has 0 aliphatic carbocycles. The highest BCUT2D eigenvalue weighted by molar-refractivity contribution is 5.31. The maximum atomic E-state index is 5.57. The van der Waals surface area contributed by atoms with Crippen LogP contribution >= 0.6 is 0 Å². The van der Waals surface area contributed by atoms with E-state index in [-0.39, 0.29) is 0 Å². The zero-order valence-electron chi connectivity index (χ0n) is 9.05. The number of ether oxygens (including phenoxy) is 1. The number of benzene rings is 1. The number of hydrogen-bond acceptors (Lipinski definition) is 4. The average Bonchev–Trinajstić information content (AvgIpc) is 2.29. The van der Waals surface area contributed by atoms with Crippen LogP contribution in [0.15, 0.2) is 36.5 Å². The summed E-state index contributed by atoms with van der Waals surface area (Å²) in [6, 6.07) is 9.45. The van der Waals surface area contributed by atoms with Gasteiger partial charge in [0.05, 0.1) is 6.20 Å². The smallest absolute Gasteiger partial charge is 0.239 e. The molecule has 4 heteroatoms. The minimum absolute atomic E-state index is 0.495. The van der Waals surface area contributed by atoms with Crippen LogP contribution in [-0.4, -0.2) is 10.2 Å². The van der Waals surface area contributed by atoms with Gasteiger partial charge in [-0.05, 0) is 30.2 Å². The molecule has 82 valence electrons. The summed E-state index contributed by atoms with van der Waals surface area (Å²) in [7, 11) is 0. The number of nitrogens with two attached hydrogens (primary N) is 1. The highest BCUT2D eigenvalue weighted by Crippen LogP contribution is 2.20. The quantitative estimate of drug-likeness (QED) is 0.851. The van der Waals surface area contributed by atoms with E-state index in [9.17, 15) is 0 Å². The zero-order chi connectivity index (χ0) is 11.4. The average molecular weight is 215 g/mol. The van der Waals surface area contributed by atoms with Gasteiger partial charge < -0.3 is 10.5 Å². The first kappa shape index (κ1) is 10.6. The molecule has 0 amide bonds. The summed E-state index contributed by atoms with van der Waals surface area (Å²) in [6.07, 6.45) is 1.68. The number of rotatable bonds is 3. The second-order valence-corrected chi connectivity index (χ2v) is 3.52. The predicted octanol–water partition coefficient (Wildman–Crippen LogP) is 2.04. The van der Waals surface area contributed by atoms with Gasteiger partial charge >= 0.3 is 0 Å². The van der Waals surface area contributed by atoms with Crippen LogP contribution in [0.2, 0.25) is 0 Å². The van der Waals surface area contributed by atoms with E-state index >= 15 is 0 Å². The van der Waals surface area contributed by atoms with Gasteiger partial charge in [-0.2, -0.15) is 5.10 Å². The highest BCUT2D eigenvalue weighted by Gasteiger charge is 2.00. The standard InChI is InChI=1S/C12H13N3O/c1-9-5-12(15-14-8-9)16-11-4-2-3-10(6-11)7-13/h2-6,8H,7,13H2,1H3. The molecular weight excluding hydrogens is 202 g/mol. The summed E-state index contributed by atoms with van der Waals surface area (Å²) in [6.45, 7) is 2.44. The lowest BCUT2D eigenvalue weighted by Crippen LogP contribution is -1.96. The Morgan fingerprint density at radius 1 is 1.31 bits per heavy atom. The second-order valence-electron chi connectivity index (χ2n) is 3.52. The first-order valence-electron chi connectivity index (χ1n) is 5.04. The van der Waals surface area contributed by atoms with Gasteiger partial charge in [-0.3, -0.25) is 0 Å². The molecule has 0 fully saturated rings. The molecular formula is C12H13N3O. The van der Waals surface area contributed by atoms with Crippen molar-refractivity contribution in [2.75, 3.05) is 0 Å². The van der Waals surface area contributed by atoms with Crippen LogP contribution in [0.1, 0.15) is 11.1 Å². The van der Waals surface area contributed by atoms with Crippen LogP contribution in [0.25, 0.3) is 0 Å². The van der Waals surface area contributed by atoms with Crippen molar-refractivity contribution < 1.29 is 4.74 Å².